The first kappa shape index (κ1) is 12.4. The molecule has 0 atom stereocenters. The monoisotopic (exact) mass is 250 g/mol. The number of sulfone groups is 1. The van der Waals surface area contributed by atoms with E-state index < -0.39 is 17.4 Å². The molecule has 0 aliphatic rings. The molecule has 0 aromatic heterocycles. The minimum Gasteiger partial charge on any atom is -0.321 e. The lowest BCUT2D eigenvalue weighted by molar-refractivity contribution is 0.387. The van der Waals surface area contributed by atoms with Crippen LogP contribution in [0.15, 0.2) is 29.2 Å². The Bertz CT molecular complexity index is 484. The van der Waals surface area contributed by atoms with Gasteiger partial charge in [-0.3, -0.25) is 4.57 Å². The van der Waals surface area contributed by atoms with Crippen molar-refractivity contribution in [3.8, 4) is 0 Å². The van der Waals surface area contributed by atoms with Crippen molar-refractivity contribution >= 4 is 22.7 Å². The lowest BCUT2D eigenvalue weighted by Gasteiger charge is -2.05. The first-order valence-corrected chi connectivity index (χ1v) is 7.43. The van der Waals surface area contributed by atoms with Crippen molar-refractivity contribution in [2.75, 3.05) is 5.75 Å². The Balaban J connectivity index is 3.18. The van der Waals surface area contributed by atoms with E-state index in [1.54, 1.807) is 0 Å². The van der Waals surface area contributed by atoms with Gasteiger partial charge in [0.05, 0.1) is 16.0 Å². The van der Waals surface area contributed by atoms with Gasteiger partial charge < -0.3 is 9.79 Å². The Hall–Kier alpha value is -0.680. The highest BCUT2D eigenvalue weighted by molar-refractivity contribution is 7.91. The molecule has 1 aromatic carbocycles. The van der Waals surface area contributed by atoms with Crippen LogP contribution in [0.4, 0.5) is 0 Å². The maximum absolute atomic E-state index is 11.4. The summed E-state index contributed by atoms with van der Waals surface area (Å²) in [6.07, 6.45) is 0. The summed E-state index contributed by atoms with van der Waals surface area (Å²) >= 11 is 0. The predicted molar refractivity (Wildman–Crippen MR) is 55.8 cm³/mol. The van der Waals surface area contributed by atoms with E-state index in [9.17, 15) is 13.0 Å². The summed E-state index contributed by atoms with van der Waals surface area (Å²) in [5.74, 6) is -0.0394. The van der Waals surface area contributed by atoms with E-state index >= 15 is 0 Å². The average Bonchev–Trinajstić information content (AvgIpc) is 2.17. The smallest absolute Gasteiger partial charge is 0.321 e. The van der Waals surface area contributed by atoms with E-state index in [-0.39, 0.29) is 16.0 Å². The van der Waals surface area contributed by atoms with E-state index in [0.29, 0.717) is 0 Å². The Morgan fingerprint density at radius 1 is 1.20 bits per heavy atom. The molecule has 0 aliphatic carbocycles. The maximum Gasteiger partial charge on any atom is 0.356 e. The first-order chi connectivity index (χ1) is 6.77. The molecule has 0 unspecified atom stereocenters. The van der Waals surface area contributed by atoms with Crippen LogP contribution in [-0.2, 0) is 14.4 Å². The van der Waals surface area contributed by atoms with Crippen LogP contribution in [0.2, 0.25) is 0 Å². The molecule has 0 bridgehead atoms. The second-order valence-electron chi connectivity index (χ2n) is 2.94. The number of hydrogen-bond donors (Lipinski definition) is 2. The van der Waals surface area contributed by atoms with Gasteiger partial charge in [0.2, 0.25) is 0 Å². The number of rotatable bonds is 3. The van der Waals surface area contributed by atoms with Gasteiger partial charge >= 0.3 is 7.60 Å². The SMILES string of the molecule is CCS(=O)(=O)c1ccc(P(=O)(O)O)cc1. The third-order valence-electron chi connectivity index (χ3n) is 1.91. The van der Waals surface area contributed by atoms with E-state index in [1.165, 1.54) is 19.1 Å². The molecule has 0 heterocycles. The Kier molecular flexibility index (Phi) is 3.35. The number of benzene rings is 1. The highest BCUT2D eigenvalue weighted by Gasteiger charge is 2.18. The summed E-state index contributed by atoms with van der Waals surface area (Å²) in [6.45, 7) is 1.51. The fourth-order valence-corrected chi connectivity index (χ4v) is 2.44. The zero-order valence-corrected chi connectivity index (χ0v) is 9.70. The molecule has 15 heavy (non-hydrogen) atoms. The summed E-state index contributed by atoms with van der Waals surface area (Å²) in [4.78, 5) is 17.7. The van der Waals surface area contributed by atoms with Crippen molar-refractivity contribution in [2.24, 2.45) is 0 Å². The van der Waals surface area contributed by atoms with Crippen LogP contribution in [0.3, 0.4) is 0 Å². The molecular formula is C8H11O5PS. The van der Waals surface area contributed by atoms with Crippen molar-refractivity contribution in [2.45, 2.75) is 11.8 Å². The van der Waals surface area contributed by atoms with Crippen molar-refractivity contribution in [3.05, 3.63) is 24.3 Å². The molecular weight excluding hydrogens is 239 g/mol. The molecule has 7 heteroatoms. The van der Waals surface area contributed by atoms with Crippen LogP contribution in [0.1, 0.15) is 6.92 Å². The van der Waals surface area contributed by atoms with Gasteiger partial charge in [-0.05, 0) is 24.3 Å². The third kappa shape index (κ3) is 2.89. The lowest BCUT2D eigenvalue weighted by atomic mass is 10.4. The third-order valence-corrected chi connectivity index (χ3v) is 4.63. The highest BCUT2D eigenvalue weighted by Crippen LogP contribution is 2.33. The fourth-order valence-electron chi connectivity index (χ4n) is 1.01. The molecule has 0 fully saturated rings. The van der Waals surface area contributed by atoms with Gasteiger partial charge in [0.25, 0.3) is 0 Å². The van der Waals surface area contributed by atoms with Gasteiger partial charge in [0, 0.05) is 0 Å². The second kappa shape index (κ2) is 4.06. The molecule has 0 spiro atoms. The second-order valence-corrected chi connectivity index (χ2v) is 6.82. The first-order valence-electron chi connectivity index (χ1n) is 4.16. The van der Waals surface area contributed by atoms with Gasteiger partial charge in [-0.2, -0.15) is 0 Å². The summed E-state index contributed by atoms with van der Waals surface area (Å²) < 4.78 is 33.5. The molecule has 0 saturated carbocycles. The molecule has 0 saturated heterocycles. The topological polar surface area (TPSA) is 91.7 Å². The fraction of sp³-hybridized carbons (Fsp3) is 0.250. The van der Waals surface area contributed by atoms with Crippen LogP contribution in [-0.4, -0.2) is 24.0 Å². The summed E-state index contributed by atoms with van der Waals surface area (Å²) in [5.41, 5.74) is 0. The Labute approximate surface area is 87.8 Å². The van der Waals surface area contributed by atoms with Gasteiger partial charge in [-0.15, -0.1) is 0 Å². The Morgan fingerprint density at radius 2 is 1.67 bits per heavy atom. The van der Waals surface area contributed by atoms with Crippen molar-refractivity contribution in [1.29, 1.82) is 0 Å². The quantitative estimate of drug-likeness (QED) is 0.752. The Morgan fingerprint density at radius 3 is 2.00 bits per heavy atom. The zero-order chi connectivity index (χ0) is 11.7. The summed E-state index contributed by atoms with van der Waals surface area (Å²) in [7, 11) is -7.61. The largest absolute Gasteiger partial charge is 0.356 e. The van der Waals surface area contributed by atoms with Crippen molar-refractivity contribution in [3.63, 3.8) is 0 Å². The highest BCUT2D eigenvalue weighted by atomic mass is 32.2. The van der Waals surface area contributed by atoms with E-state index in [1.807, 2.05) is 0 Å². The molecule has 5 nitrogen and oxygen atoms in total. The predicted octanol–water partition coefficient (Wildman–Crippen LogP) is 0.283. The van der Waals surface area contributed by atoms with E-state index in [4.69, 9.17) is 9.79 Å². The van der Waals surface area contributed by atoms with Crippen LogP contribution < -0.4 is 5.30 Å². The average molecular weight is 250 g/mol. The molecule has 1 rings (SSSR count). The lowest BCUT2D eigenvalue weighted by Crippen LogP contribution is -2.07. The zero-order valence-electron chi connectivity index (χ0n) is 7.99. The van der Waals surface area contributed by atoms with Crippen molar-refractivity contribution in [1.82, 2.24) is 0 Å². The molecule has 1 aromatic rings. The molecule has 0 aliphatic heterocycles. The van der Waals surface area contributed by atoms with Crippen LogP contribution in [0, 0.1) is 0 Å². The standard InChI is InChI=1S/C8H11O5PS/c1-2-15(12,13)8-5-3-7(4-6-8)14(9,10)11/h3-6H,2H2,1H3,(H2,9,10,11). The van der Waals surface area contributed by atoms with Crippen LogP contribution in [0.5, 0.6) is 0 Å². The molecule has 0 amide bonds. The molecule has 0 radical (unpaired) electrons. The van der Waals surface area contributed by atoms with Gasteiger partial charge in [-0.25, -0.2) is 8.42 Å². The van der Waals surface area contributed by atoms with Gasteiger partial charge in [-0.1, -0.05) is 6.92 Å². The van der Waals surface area contributed by atoms with Crippen LogP contribution >= 0.6 is 7.60 Å². The summed E-state index contributed by atoms with van der Waals surface area (Å²) in [5, 5.41) is -0.183. The molecule has 2 N–H and O–H groups in total. The minimum absolute atomic E-state index is 0.0394. The number of hydrogen-bond acceptors (Lipinski definition) is 3. The van der Waals surface area contributed by atoms with Gasteiger partial charge in [0.15, 0.2) is 9.84 Å². The van der Waals surface area contributed by atoms with E-state index in [0.717, 1.165) is 12.1 Å². The van der Waals surface area contributed by atoms with Crippen LogP contribution in [0.25, 0.3) is 0 Å². The van der Waals surface area contributed by atoms with Crippen molar-refractivity contribution < 1.29 is 22.8 Å². The maximum atomic E-state index is 11.4. The summed E-state index contributed by atoms with van der Waals surface area (Å²) in [6, 6.07) is 4.66. The normalized spacial score (nSPS) is 12.7. The van der Waals surface area contributed by atoms with E-state index in [2.05, 4.69) is 0 Å². The molecule has 84 valence electrons. The minimum atomic E-state index is -4.29. The van der Waals surface area contributed by atoms with Gasteiger partial charge in [0.1, 0.15) is 0 Å².